The number of rotatable bonds is 7. The predicted octanol–water partition coefficient (Wildman–Crippen LogP) is 2.82. The molecule has 4 heteroatoms. The summed E-state index contributed by atoms with van der Waals surface area (Å²) in [6.07, 6.45) is 7.95. The fourth-order valence-corrected chi connectivity index (χ4v) is 2.35. The van der Waals surface area contributed by atoms with Gasteiger partial charge >= 0.3 is 0 Å². The smallest absolute Gasteiger partial charge is 0.253 e. The first-order valence-electron chi connectivity index (χ1n) is 7.25. The summed E-state index contributed by atoms with van der Waals surface area (Å²) in [6, 6.07) is 2.16. The van der Waals surface area contributed by atoms with E-state index in [0.717, 1.165) is 25.1 Å². The van der Waals surface area contributed by atoms with Crippen molar-refractivity contribution in [1.82, 2.24) is 10.3 Å². The lowest BCUT2D eigenvalue weighted by Crippen LogP contribution is -2.27. The average Bonchev–Trinajstić information content (AvgIpc) is 3.15. The summed E-state index contributed by atoms with van der Waals surface area (Å²) in [7, 11) is 0. The van der Waals surface area contributed by atoms with Crippen LogP contribution in [0, 0.1) is 5.92 Å². The van der Waals surface area contributed by atoms with Crippen LogP contribution in [0.25, 0.3) is 0 Å². The minimum absolute atomic E-state index is 0.0182. The summed E-state index contributed by atoms with van der Waals surface area (Å²) in [5.41, 5.74) is 1.53. The number of hydrogen-bond acceptors (Lipinski definition) is 3. The molecule has 2 rings (SSSR count). The van der Waals surface area contributed by atoms with Crippen molar-refractivity contribution >= 4 is 11.6 Å². The second kappa shape index (κ2) is 6.55. The SMILES string of the molecule is CCCNc1cnccc1C(=O)NC1CC1CCC. The van der Waals surface area contributed by atoms with Gasteiger partial charge in [-0.1, -0.05) is 20.3 Å². The lowest BCUT2D eigenvalue weighted by atomic mass is 10.2. The molecule has 19 heavy (non-hydrogen) atoms. The van der Waals surface area contributed by atoms with E-state index in [1.807, 2.05) is 0 Å². The third kappa shape index (κ3) is 3.69. The van der Waals surface area contributed by atoms with Gasteiger partial charge in [0.25, 0.3) is 5.91 Å². The molecule has 1 aromatic rings. The van der Waals surface area contributed by atoms with Crippen molar-refractivity contribution in [3.8, 4) is 0 Å². The Morgan fingerprint density at radius 1 is 1.42 bits per heavy atom. The van der Waals surface area contributed by atoms with Gasteiger partial charge in [0.2, 0.25) is 0 Å². The van der Waals surface area contributed by atoms with Crippen molar-refractivity contribution in [2.24, 2.45) is 5.92 Å². The molecule has 1 saturated carbocycles. The van der Waals surface area contributed by atoms with Crippen molar-refractivity contribution in [3.63, 3.8) is 0 Å². The summed E-state index contributed by atoms with van der Waals surface area (Å²) < 4.78 is 0. The Balaban J connectivity index is 1.95. The van der Waals surface area contributed by atoms with E-state index in [4.69, 9.17) is 0 Å². The number of pyridine rings is 1. The molecule has 2 N–H and O–H groups in total. The first-order chi connectivity index (χ1) is 9.26. The molecule has 1 amide bonds. The van der Waals surface area contributed by atoms with Gasteiger partial charge in [-0.2, -0.15) is 0 Å². The van der Waals surface area contributed by atoms with Crippen LogP contribution in [0.15, 0.2) is 18.5 Å². The van der Waals surface area contributed by atoms with Crippen LogP contribution < -0.4 is 10.6 Å². The zero-order chi connectivity index (χ0) is 13.7. The number of carbonyl (C=O) groups is 1. The molecule has 4 nitrogen and oxygen atoms in total. The number of carbonyl (C=O) groups excluding carboxylic acids is 1. The quantitative estimate of drug-likeness (QED) is 0.793. The highest BCUT2D eigenvalue weighted by atomic mass is 16.1. The molecule has 2 unspecified atom stereocenters. The Labute approximate surface area is 115 Å². The molecule has 0 bridgehead atoms. The number of amides is 1. The predicted molar refractivity (Wildman–Crippen MR) is 77.3 cm³/mol. The maximum atomic E-state index is 12.2. The highest BCUT2D eigenvalue weighted by molar-refractivity contribution is 5.99. The highest BCUT2D eigenvalue weighted by Crippen LogP contribution is 2.34. The van der Waals surface area contributed by atoms with E-state index in [1.54, 1.807) is 18.5 Å². The normalized spacial score (nSPS) is 20.9. The van der Waals surface area contributed by atoms with Gasteiger partial charge in [-0.3, -0.25) is 9.78 Å². The van der Waals surface area contributed by atoms with Gasteiger partial charge < -0.3 is 10.6 Å². The number of nitrogens with zero attached hydrogens (tertiary/aromatic N) is 1. The van der Waals surface area contributed by atoms with Crippen molar-refractivity contribution in [1.29, 1.82) is 0 Å². The largest absolute Gasteiger partial charge is 0.383 e. The molecule has 1 fully saturated rings. The van der Waals surface area contributed by atoms with Crippen LogP contribution in [0.5, 0.6) is 0 Å². The standard InChI is InChI=1S/C15H23N3O/c1-3-5-11-9-13(11)18-15(19)12-6-8-16-10-14(12)17-7-4-2/h6,8,10-11,13,17H,3-5,7,9H2,1-2H3,(H,18,19). The third-order valence-electron chi connectivity index (χ3n) is 3.53. The van der Waals surface area contributed by atoms with Gasteiger partial charge in [0.1, 0.15) is 0 Å². The van der Waals surface area contributed by atoms with Crippen LogP contribution >= 0.6 is 0 Å². The van der Waals surface area contributed by atoms with Gasteiger partial charge in [0.15, 0.2) is 0 Å². The zero-order valence-corrected chi connectivity index (χ0v) is 11.8. The summed E-state index contributed by atoms with van der Waals surface area (Å²) in [4.78, 5) is 16.3. The maximum Gasteiger partial charge on any atom is 0.253 e. The van der Waals surface area contributed by atoms with Crippen molar-refractivity contribution in [2.45, 2.75) is 45.6 Å². The zero-order valence-electron chi connectivity index (χ0n) is 11.8. The van der Waals surface area contributed by atoms with Gasteiger partial charge in [-0.25, -0.2) is 0 Å². The van der Waals surface area contributed by atoms with E-state index in [-0.39, 0.29) is 5.91 Å². The second-order valence-corrected chi connectivity index (χ2v) is 5.21. The lowest BCUT2D eigenvalue weighted by Gasteiger charge is -2.11. The Hall–Kier alpha value is -1.58. The number of anilines is 1. The van der Waals surface area contributed by atoms with E-state index in [0.29, 0.717) is 17.5 Å². The maximum absolute atomic E-state index is 12.2. The van der Waals surface area contributed by atoms with Crippen LogP contribution in [0.4, 0.5) is 5.69 Å². The van der Waals surface area contributed by atoms with Gasteiger partial charge in [0, 0.05) is 18.8 Å². The van der Waals surface area contributed by atoms with Crippen molar-refractivity contribution < 1.29 is 4.79 Å². The minimum Gasteiger partial charge on any atom is -0.383 e. The van der Waals surface area contributed by atoms with Gasteiger partial charge in [0.05, 0.1) is 17.4 Å². The molecular formula is C15H23N3O. The Morgan fingerprint density at radius 3 is 3.00 bits per heavy atom. The number of hydrogen-bond donors (Lipinski definition) is 2. The average molecular weight is 261 g/mol. The molecular weight excluding hydrogens is 238 g/mol. The number of nitrogens with one attached hydrogen (secondary N) is 2. The van der Waals surface area contributed by atoms with Crippen molar-refractivity contribution in [2.75, 3.05) is 11.9 Å². The molecule has 2 atom stereocenters. The van der Waals surface area contributed by atoms with Crippen LogP contribution in [-0.2, 0) is 0 Å². The lowest BCUT2D eigenvalue weighted by molar-refractivity contribution is 0.0949. The topological polar surface area (TPSA) is 54.0 Å². The van der Waals surface area contributed by atoms with Crippen LogP contribution in [0.2, 0.25) is 0 Å². The molecule has 0 spiro atoms. The van der Waals surface area contributed by atoms with Crippen LogP contribution in [-0.4, -0.2) is 23.5 Å². The first-order valence-corrected chi connectivity index (χ1v) is 7.25. The van der Waals surface area contributed by atoms with E-state index in [2.05, 4.69) is 29.5 Å². The Morgan fingerprint density at radius 2 is 2.26 bits per heavy atom. The van der Waals surface area contributed by atoms with E-state index in [1.165, 1.54) is 12.8 Å². The molecule has 1 aromatic heterocycles. The van der Waals surface area contributed by atoms with E-state index >= 15 is 0 Å². The Kier molecular flexibility index (Phi) is 4.77. The highest BCUT2D eigenvalue weighted by Gasteiger charge is 2.37. The van der Waals surface area contributed by atoms with Crippen molar-refractivity contribution in [3.05, 3.63) is 24.0 Å². The van der Waals surface area contributed by atoms with Gasteiger partial charge in [-0.15, -0.1) is 0 Å². The van der Waals surface area contributed by atoms with E-state index < -0.39 is 0 Å². The molecule has 1 heterocycles. The second-order valence-electron chi connectivity index (χ2n) is 5.21. The molecule has 0 aromatic carbocycles. The minimum atomic E-state index is 0.0182. The molecule has 104 valence electrons. The first kappa shape index (κ1) is 13.8. The molecule has 1 aliphatic rings. The van der Waals surface area contributed by atoms with Crippen LogP contribution in [0.3, 0.4) is 0 Å². The van der Waals surface area contributed by atoms with E-state index in [9.17, 15) is 4.79 Å². The van der Waals surface area contributed by atoms with Gasteiger partial charge in [-0.05, 0) is 31.2 Å². The van der Waals surface area contributed by atoms with Crippen LogP contribution in [0.1, 0.15) is 49.9 Å². The summed E-state index contributed by atoms with van der Waals surface area (Å²) in [5, 5.41) is 6.37. The molecule has 0 aliphatic heterocycles. The number of aromatic nitrogens is 1. The third-order valence-corrected chi connectivity index (χ3v) is 3.53. The fraction of sp³-hybridized carbons (Fsp3) is 0.600. The summed E-state index contributed by atoms with van der Waals surface area (Å²) in [6.45, 7) is 5.14. The molecule has 0 radical (unpaired) electrons. The monoisotopic (exact) mass is 261 g/mol. The summed E-state index contributed by atoms with van der Waals surface area (Å²) in [5.74, 6) is 0.701. The Bertz CT molecular complexity index is 433. The summed E-state index contributed by atoms with van der Waals surface area (Å²) >= 11 is 0. The fourth-order valence-electron chi connectivity index (χ4n) is 2.35. The molecule has 1 aliphatic carbocycles. The molecule has 0 saturated heterocycles.